The van der Waals surface area contributed by atoms with Crippen molar-refractivity contribution in [2.24, 2.45) is 5.73 Å². The van der Waals surface area contributed by atoms with Crippen LogP contribution < -0.4 is 21.8 Å². The van der Waals surface area contributed by atoms with Crippen molar-refractivity contribution in [3.05, 3.63) is 90.7 Å². The van der Waals surface area contributed by atoms with Crippen molar-refractivity contribution < 1.29 is 4.39 Å². The summed E-state index contributed by atoms with van der Waals surface area (Å²) in [6.07, 6.45) is 7.32. The number of fused-ring (bicyclic) bond motifs is 1. The summed E-state index contributed by atoms with van der Waals surface area (Å²) < 4.78 is 19.6. The van der Waals surface area contributed by atoms with Gasteiger partial charge in [0.1, 0.15) is 17.9 Å². The van der Waals surface area contributed by atoms with Gasteiger partial charge in [-0.2, -0.15) is 0 Å². The molecule has 2 aromatic heterocycles. The number of benzene rings is 2. The molecule has 3 heterocycles. The number of aromatic nitrogens is 4. The number of terminal acetylenes is 1. The van der Waals surface area contributed by atoms with Crippen LogP contribution in [0.3, 0.4) is 0 Å². The van der Waals surface area contributed by atoms with Crippen LogP contribution in [0.2, 0.25) is 0 Å². The summed E-state index contributed by atoms with van der Waals surface area (Å²) in [5.74, 6) is 2.47. The molecule has 10 heteroatoms. The number of rotatable bonds is 6. The van der Waals surface area contributed by atoms with Crippen LogP contribution in [0.5, 0.6) is 0 Å². The summed E-state index contributed by atoms with van der Waals surface area (Å²) in [5, 5.41) is 0. The number of nitrogens with two attached hydrogens (primary N) is 1. The monoisotopic (exact) mass is 564 g/mol. The number of piperidine rings is 1. The quantitative estimate of drug-likeness (QED) is 0.364. The highest BCUT2D eigenvalue weighted by molar-refractivity contribution is 9.10. The summed E-state index contributed by atoms with van der Waals surface area (Å²) in [6.45, 7) is 1.25. The minimum absolute atomic E-state index is 0.0335. The van der Waals surface area contributed by atoms with Gasteiger partial charge in [-0.15, -0.1) is 6.42 Å². The highest BCUT2D eigenvalue weighted by atomic mass is 79.9. The van der Waals surface area contributed by atoms with E-state index in [2.05, 4.69) is 21.9 Å². The molecule has 0 saturated carbocycles. The minimum Gasteiger partial charge on any atom is -0.341 e. The fourth-order valence-corrected chi connectivity index (χ4v) is 5.25. The molecule has 0 spiro atoms. The summed E-state index contributed by atoms with van der Waals surface area (Å²) in [4.78, 5) is 34.4. The van der Waals surface area contributed by atoms with E-state index in [0.717, 1.165) is 22.9 Å². The van der Waals surface area contributed by atoms with Crippen molar-refractivity contribution in [3.63, 3.8) is 0 Å². The number of hydrogen-bond donors (Lipinski definition) is 1. The summed E-state index contributed by atoms with van der Waals surface area (Å²) in [6, 6.07) is 13.8. The van der Waals surface area contributed by atoms with E-state index in [9.17, 15) is 14.0 Å². The van der Waals surface area contributed by atoms with Crippen molar-refractivity contribution >= 4 is 32.9 Å². The van der Waals surface area contributed by atoms with Gasteiger partial charge in [0.25, 0.3) is 11.1 Å². The van der Waals surface area contributed by atoms with Gasteiger partial charge in [-0.05, 0) is 30.5 Å². The fourth-order valence-electron chi connectivity index (χ4n) is 4.84. The fraction of sp³-hybridized carbons (Fsp3) is 0.296. The average molecular weight is 565 g/mol. The first-order chi connectivity index (χ1) is 17.9. The molecule has 2 N–H and O–H groups in total. The summed E-state index contributed by atoms with van der Waals surface area (Å²) >= 11 is 3.59. The van der Waals surface area contributed by atoms with Crippen LogP contribution in [0.15, 0.2) is 62.6 Å². The molecule has 5 rings (SSSR count). The smallest absolute Gasteiger partial charge is 0.294 e. The van der Waals surface area contributed by atoms with E-state index in [1.54, 1.807) is 22.8 Å². The third-order valence-electron chi connectivity index (χ3n) is 6.66. The molecule has 1 saturated heterocycles. The van der Waals surface area contributed by atoms with Gasteiger partial charge in [0.05, 0.1) is 13.1 Å². The van der Waals surface area contributed by atoms with E-state index in [-0.39, 0.29) is 35.7 Å². The second-order valence-corrected chi connectivity index (χ2v) is 10.0. The van der Waals surface area contributed by atoms with Gasteiger partial charge >= 0.3 is 0 Å². The molecule has 1 fully saturated rings. The minimum atomic E-state index is -0.502. The van der Waals surface area contributed by atoms with Gasteiger partial charge in [0.15, 0.2) is 5.52 Å². The normalized spacial score (nSPS) is 15.7. The van der Waals surface area contributed by atoms with Crippen molar-refractivity contribution in [1.29, 1.82) is 0 Å². The Kier molecular flexibility index (Phi) is 7.00. The van der Waals surface area contributed by atoms with Crippen LogP contribution in [0.1, 0.15) is 24.0 Å². The summed E-state index contributed by atoms with van der Waals surface area (Å²) in [7, 11) is 0. The van der Waals surface area contributed by atoms with E-state index >= 15 is 0 Å². The number of nitrogens with zero attached hydrogens (tertiary/aromatic N) is 5. The second-order valence-electron chi connectivity index (χ2n) is 9.16. The SMILES string of the molecule is C#CCn1c(=O)c2nc(N3CCCC(N)C3)n(Cc3ccccc3Br)c2c(=O)n1Cc1ccccc1F. The molecule has 2 aromatic carbocycles. The average Bonchev–Trinajstić information content (AvgIpc) is 3.27. The lowest BCUT2D eigenvalue weighted by Crippen LogP contribution is -2.44. The first kappa shape index (κ1) is 25.0. The van der Waals surface area contributed by atoms with Crippen LogP contribution >= 0.6 is 15.9 Å². The predicted molar refractivity (Wildman–Crippen MR) is 145 cm³/mol. The molecule has 8 nitrogen and oxygen atoms in total. The first-order valence-electron chi connectivity index (χ1n) is 12.0. The number of hydrogen-bond acceptors (Lipinski definition) is 5. The summed E-state index contributed by atoms with van der Waals surface area (Å²) in [5.41, 5.74) is 6.65. The molecule has 0 radical (unpaired) electrons. The topological polar surface area (TPSA) is 91.1 Å². The Balaban J connectivity index is 1.78. The van der Waals surface area contributed by atoms with Crippen molar-refractivity contribution in [1.82, 2.24) is 18.9 Å². The van der Waals surface area contributed by atoms with Crippen molar-refractivity contribution in [2.75, 3.05) is 18.0 Å². The molecule has 0 aliphatic carbocycles. The van der Waals surface area contributed by atoms with Crippen molar-refractivity contribution in [3.8, 4) is 12.3 Å². The lowest BCUT2D eigenvalue weighted by Gasteiger charge is -2.32. The Morgan fingerprint density at radius 2 is 1.78 bits per heavy atom. The Morgan fingerprint density at radius 3 is 2.49 bits per heavy atom. The molecule has 1 aliphatic heterocycles. The Labute approximate surface area is 221 Å². The lowest BCUT2D eigenvalue weighted by molar-refractivity contribution is 0.470. The van der Waals surface area contributed by atoms with Gasteiger partial charge in [-0.3, -0.25) is 9.59 Å². The highest BCUT2D eigenvalue weighted by Gasteiger charge is 2.27. The van der Waals surface area contributed by atoms with Gasteiger partial charge in [0, 0.05) is 29.2 Å². The number of imidazole rings is 1. The zero-order chi connectivity index (χ0) is 26.1. The van der Waals surface area contributed by atoms with Crippen LogP contribution in [-0.4, -0.2) is 38.0 Å². The zero-order valence-electron chi connectivity index (χ0n) is 20.1. The Bertz CT molecular complexity index is 1630. The Hall–Kier alpha value is -3.68. The standard InChI is InChI=1S/C27H26BrFN6O2/c1-2-13-34-25(36)23-24(26(37)35(34)16-19-9-4-6-12-22(19)29)33(15-18-8-3-5-11-21(18)28)27(31-23)32-14-7-10-20(30)17-32/h1,3-6,8-9,11-12,20H,7,10,13-17,30H2. The van der Waals surface area contributed by atoms with Gasteiger partial charge in [0.2, 0.25) is 5.95 Å². The predicted octanol–water partition coefficient (Wildman–Crippen LogP) is 2.92. The lowest BCUT2D eigenvalue weighted by atomic mass is 10.1. The third-order valence-corrected chi connectivity index (χ3v) is 7.43. The maximum absolute atomic E-state index is 14.5. The third kappa shape index (κ3) is 4.72. The zero-order valence-corrected chi connectivity index (χ0v) is 21.7. The van der Waals surface area contributed by atoms with Crippen LogP contribution in [0.25, 0.3) is 11.0 Å². The van der Waals surface area contributed by atoms with Crippen molar-refractivity contribution in [2.45, 2.75) is 38.5 Å². The molecule has 0 bridgehead atoms. The van der Waals surface area contributed by atoms with E-state index in [1.807, 2.05) is 29.2 Å². The largest absolute Gasteiger partial charge is 0.341 e. The molecular weight excluding hydrogens is 539 g/mol. The molecule has 190 valence electrons. The van der Waals surface area contributed by atoms with Gasteiger partial charge in [-0.1, -0.05) is 58.2 Å². The number of halogens is 2. The van der Waals surface area contributed by atoms with Gasteiger partial charge < -0.3 is 15.2 Å². The molecule has 1 unspecified atom stereocenters. The molecule has 1 atom stereocenters. The van der Waals surface area contributed by atoms with E-state index in [4.69, 9.17) is 17.1 Å². The molecule has 4 aromatic rings. The molecule has 1 aliphatic rings. The first-order valence-corrected chi connectivity index (χ1v) is 12.8. The molecule has 37 heavy (non-hydrogen) atoms. The molecular formula is C27H26BrFN6O2. The maximum Gasteiger partial charge on any atom is 0.294 e. The maximum atomic E-state index is 14.5. The second kappa shape index (κ2) is 10.4. The number of anilines is 1. The van der Waals surface area contributed by atoms with Crippen LogP contribution in [0.4, 0.5) is 10.3 Å². The van der Waals surface area contributed by atoms with Crippen LogP contribution in [-0.2, 0) is 19.6 Å². The Morgan fingerprint density at radius 1 is 1.05 bits per heavy atom. The molecule has 0 amide bonds. The van der Waals surface area contributed by atoms with E-state index in [0.29, 0.717) is 25.6 Å². The highest BCUT2D eigenvalue weighted by Crippen LogP contribution is 2.26. The van der Waals surface area contributed by atoms with Crippen LogP contribution in [0, 0.1) is 18.2 Å². The van der Waals surface area contributed by atoms with Gasteiger partial charge in [-0.25, -0.2) is 18.7 Å². The van der Waals surface area contributed by atoms with E-state index < -0.39 is 16.9 Å². The van der Waals surface area contributed by atoms with E-state index in [1.165, 1.54) is 15.4 Å².